The van der Waals surface area contributed by atoms with E-state index < -0.39 is 6.03 Å². The van der Waals surface area contributed by atoms with Crippen molar-refractivity contribution in [3.8, 4) is 16.9 Å². The van der Waals surface area contributed by atoms with Gasteiger partial charge in [-0.1, -0.05) is 39.0 Å². The molecule has 150 valence electrons. The molecule has 0 radical (unpaired) electrons. The van der Waals surface area contributed by atoms with E-state index in [4.69, 9.17) is 10.5 Å². The lowest BCUT2D eigenvalue weighted by molar-refractivity contribution is 0.256. The molecule has 0 atom stereocenters. The van der Waals surface area contributed by atoms with Gasteiger partial charge in [0, 0.05) is 12.4 Å². The summed E-state index contributed by atoms with van der Waals surface area (Å²) in [6.45, 7) is 8.34. The molecule has 0 bridgehead atoms. The molecule has 0 aliphatic rings. The zero-order valence-corrected chi connectivity index (χ0v) is 17.6. The second kappa shape index (κ2) is 7.95. The Kier molecular flexibility index (Phi) is 5.59. The van der Waals surface area contributed by atoms with E-state index in [1.807, 2.05) is 61.7 Å². The Morgan fingerprint density at radius 2 is 1.79 bits per heavy atom. The molecule has 0 saturated carbocycles. The number of carbonyl (C=O) groups excluding carboxylic acids is 1. The van der Waals surface area contributed by atoms with E-state index in [1.54, 1.807) is 13.3 Å². The zero-order valence-electron chi connectivity index (χ0n) is 17.6. The molecular weight excluding hydrogens is 362 g/mol. The molecule has 3 aromatic rings. The van der Waals surface area contributed by atoms with Crippen LogP contribution in [-0.4, -0.2) is 18.1 Å². The van der Waals surface area contributed by atoms with Crippen LogP contribution in [0.2, 0.25) is 0 Å². The van der Waals surface area contributed by atoms with E-state index in [-0.39, 0.29) is 5.41 Å². The van der Waals surface area contributed by atoms with E-state index in [0.717, 1.165) is 27.9 Å². The number of hydrogen-bond acceptors (Lipinski definition) is 3. The average Bonchev–Trinajstić information content (AvgIpc) is 2.69. The Morgan fingerprint density at radius 1 is 1.03 bits per heavy atom. The Bertz CT molecular complexity index is 1020. The third kappa shape index (κ3) is 4.24. The minimum Gasteiger partial charge on any atom is -0.495 e. The summed E-state index contributed by atoms with van der Waals surface area (Å²) in [7, 11) is 1.59. The number of hydrogen-bond donors (Lipinski definition) is 1. The smallest absolute Gasteiger partial charge is 0.324 e. The number of ether oxygens (including phenoxy) is 1. The number of nitrogens with two attached hydrogens (primary N) is 1. The molecule has 0 fully saturated rings. The number of rotatable bonds is 4. The summed E-state index contributed by atoms with van der Waals surface area (Å²) in [5.74, 6) is 0.590. The molecule has 2 N–H and O–H groups in total. The number of aromatic nitrogens is 1. The maximum absolute atomic E-state index is 12.5. The highest BCUT2D eigenvalue weighted by Gasteiger charge is 2.24. The SMILES string of the molecule is COc1ccc(C(C)(C)C)cc1N(C(N)=O)c1ccc(-c2cccnc2)cc1C. The topological polar surface area (TPSA) is 68.5 Å². The van der Waals surface area contributed by atoms with Gasteiger partial charge in [0.25, 0.3) is 0 Å². The summed E-state index contributed by atoms with van der Waals surface area (Å²) < 4.78 is 5.54. The highest BCUT2D eigenvalue weighted by atomic mass is 16.5. The molecule has 29 heavy (non-hydrogen) atoms. The third-order valence-corrected chi connectivity index (χ3v) is 4.94. The van der Waals surface area contributed by atoms with Crippen molar-refractivity contribution in [2.75, 3.05) is 12.0 Å². The van der Waals surface area contributed by atoms with Crippen LogP contribution < -0.4 is 15.4 Å². The Labute approximate surface area is 172 Å². The van der Waals surface area contributed by atoms with Gasteiger partial charge >= 0.3 is 6.03 Å². The first-order valence-electron chi connectivity index (χ1n) is 9.51. The predicted octanol–water partition coefficient (Wildman–Crippen LogP) is 5.58. The molecule has 0 spiro atoms. The van der Waals surface area contributed by atoms with Crippen LogP contribution in [0, 0.1) is 6.92 Å². The molecule has 0 aliphatic carbocycles. The quantitative estimate of drug-likeness (QED) is 0.633. The standard InChI is InChI=1S/C24H27N3O2/c1-16-13-17(18-7-6-12-26-15-18)8-10-20(16)27(23(25)28)21-14-19(24(2,3)4)9-11-22(21)29-5/h6-15H,1-5H3,(H2,25,28). The normalized spacial score (nSPS) is 11.2. The number of anilines is 2. The molecule has 5 nitrogen and oxygen atoms in total. The molecule has 0 aliphatic heterocycles. The number of primary amides is 1. The van der Waals surface area contributed by atoms with Gasteiger partial charge in [0.1, 0.15) is 5.75 Å². The number of methoxy groups -OCH3 is 1. The maximum atomic E-state index is 12.5. The highest BCUT2D eigenvalue weighted by molar-refractivity contribution is 6.01. The summed E-state index contributed by atoms with van der Waals surface area (Å²) in [6.07, 6.45) is 3.56. The third-order valence-electron chi connectivity index (χ3n) is 4.94. The van der Waals surface area contributed by atoms with Gasteiger partial charge in [-0.2, -0.15) is 0 Å². The van der Waals surface area contributed by atoms with Crippen molar-refractivity contribution in [3.05, 3.63) is 72.1 Å². The first kappa shape index (κ1) is 20.4. The lowest BCUT2D eigenvalue weighted by atomic mass is 9.86. The highest BCUT2D eigenvalue weighted by Crippen LogP contribution is 2.39. The number of amides is 2. The van der Waals surface area contributed by atoms with Crippen molar-refractivity contribution < 1.29 is 9.53 Å². The first-order valence-corrected chi connectivity index (χ1v) is 9.51. The molecule has 0 unspecified atom stereocenters. The molecule has 1 heterocycles. The molecular formula is C24H27N3O2. The van der Waals surface area contributed by atoms with Crippen LogP contribution in [0.15, 0.2) is 60.9 Å². The number of nitrogens with zero attached hydrogens (tertiary/aromatic N) is 2. The van der Waals surface area contributed by atoms with Crippen LogP contribution in [0.1, 0.15) is 31.9 Å². The fourth-order valence-corrected chi connectivity index (χ4v) is 3.32. The largest absolute Gasteiger partial charge is 0.495 e. The second-order valence-electron chi connectivity index (χ2n) is 8.05. The van der Waals surface area contributed by atoms with Gasteiger partial charge < -0.3 is 10.5 Å². The second-order valence-corrected chi connectivity index (χ2v) is 8.05. The average molecular weight is 389 g/mol. The monoisotopic (exact) mass is 389 g/mol. The van der Waals surface area contributed by atoms with Crippen LogP contribution in [0.5, 0.6) is 5.75 Å². The fraction of sp³-hybridized carbons (Fsp3) is 0.250. The Morgan fingerprint density at radius 3 is 2.34 bits per heavy atom. The molecule has 5 heteroatoms. The van der Waals surface area contributed by atoms with Crippen molar-refractivity contribution in [2.24, 2.45) is 5.73 Å². The lowest BCUT2D eigenvalue weighted by Gasteiger charge is -2.27. The van der Waals surface area contributed by atoms with Gasteiger partial charge in [-0.05, 0) is 64.9 Å². The molecule has 1 aromatic heterocycles. The van der Waals surface area contributed by atoms with E-state index >= 15 is 0 Å². The van der Waals surface area contributed by atoms with Crippen LogP contribution in [0.3, 0.4) is 0 Å². The summed E-state index contributed by atoms with van der Waals surface area (Å²) in [4.78, 5) is 18.2. The van der Waals surface area contributed by atoms with E-state index in [1.165, 1.54) is 4.90 Å². The first-order chi connectivity index (χ1) is 13.7. The van der Waals surface area contributed by atoms with Crippen molar-refractivity contribution in [3.63, 3.8) is 0 Å². The molecule has 2 aromatic carbocycles. The number of carbonyl (C=O) groups is 1. The number of aryl methyl sites for hydroxylation is 1. The molecule has 0 saturated heterocycles. The fourth-order valence-electron chi connectivity index (χ4n) is 3.32. The molecule has 2 amide bonds. The van der Waals surface area contributed by atoms with Gasteiger partial charge in [-0.15, -0.1) is 0 Å². The van der Waals surface area contributed by atoms with Crippen molar-refractivity contribution in [1.82, 2.24) is 4.98 Å². The Hall–Kier alpha value is -3.34. The summed E-state index contributed by atoms with van der Waals surface area (Å²) in [6, 6.07) is 15.1. The van der Waals surface area contributed by atoms with Gasteiger partial charge in [0.15, 0.2) is 0 Å². The van der Waals surface area contributed by atoms with Crippen LogP contribution in [0.4, 0.5) is 16.2 Å². The van der Waals surface area contributed by atoms with Crippen LogP contribution in [0.25, 0.3) is 11.1 Å². The summed E-state index contributed by atoms with van der Waals surface area (Å²) >= 11 is 0. The molecule has 3 rings (SSSR count). The number of benzene rings is 2. The van der Waals surface area contributed by atoms with Crippen LogP contribution in [-0.2, 0) is 5.41 Å². The van der Waals surface area contributed by atoms with Gasteiger partial charge in [-0.3, -0.25) is 9.88 Å². The van der Waals surface area contributed by atoms with Gasteiger partial charge in [0.2, 0.25) is 0 Å². The minimum absolute atomic E-state index is 0.0798. The summed E-state index contributed by atoms with van der Waals surface area (Å²) in [5, 5.41) is 0. The van der Waals surface area contributed by atoms with Crippen molar-refractivity contribution in [2.45, 2.75) is 33.1 Å². The summed E-state index contributed by atoms with van der Waals surface area (Å²) in [5.41, 5.74) is 11.1. The minimum atomic E-state index is -0.563. The van der Waals surface area contributed by atoms with E-state index in [2.05, 4.69) is 25.8 Å². The Balaban J connectivity index is 2.13. The number of pyridine rings is 1. The van der Waals surface area contributed by atoms with Crippen molar-refractivity contribution in [1.29, 1.82) is 0 Å². The maximum Gasteiger partial charge on any atom is 0.324 e. The van der Waals surface area contributed by atoms with Gasteiger partial charge in [0.05, 0.1) is 18.5 Å². The van der Waals surface area contributed by atoms with Crippen LogP contribution >= 0.6 is 0 Å². The van der Waals surface area contributed by atoms with Crippen molar-refractivity contribution >= 4 is 17.4 Å². The predicted molar refractivity (Wildman–Crippen MR) is 118 cm³/mol. The van der Waals surface area contributed by atoms with E-state index in [9.17, 15) is 4.79 Å². The lowest BCUT2D eigenvalue weighted by Crippen LogP contribution is -2.32. The van der Waals surface area contributed by atoms with E-state index in [0.29, 0.717) is 11.4 Å². The number of urea groups is 1. The van der Waals surface area contributed by atoms with Gasteiger partial charge in [-0.25, -0.2) is 4.79 Å². The zero-order chi connectivity index (χ0) is 21.2.